The summed E-state index contributed by atoms with van der Waals surface area (Å²) < 4.78 is 27.0. The number of benzene rings is 1. The average molecular weight is 333 g/mol. The number of rotatable bonds is 3. The number of sulfonamides is 1. The summed E-state index contributed by atoms with van der Waals surface area (Å²) in [4.78, 5) is 0.306. The second-order valence-electron chi connectivity index (χ2n) is 4.61. The molecule has 1 unspecified atom stereocenters. The van der Waals surface area contributed by atoms with E-state index < -0.39 is 10.0 Å². The number of nitrogen functional groups attached to an aromatic ring is 1. The van der Waals surface area contributed by atoms with Gasteiger partial charge in [-0.1, -0.05) is 13.3 Å². The Morgan fingerprint density at radius 1 is 1.50 bits per heavy atom. The maximum Gasteiger partial charge on any atom is 0.243 e. The fourth-order valence-corrected chi connectivity index (χ4v) is 4.25. The van der Waals surface area contributed by atoms with Gasteiger partial charge < -0.3 is 5.73 Å². The Labute approximate surface area is 116 Å². The maximum atomic E-state index is 12.4. The first-order valence-electron chi connectivity index (χ1n) is 6.00. The zero-order chi connectivity index (χ0) is 13.3. The molecule has 4 nitrogen and oxygen atoms in total. The highest BCUT2D eigenvalue weighted by atomic mass is 79.9. The predicted octanol–water partition coefficient (Wildman–Crippen LogP) is 2.45. The Morgan fingerprint density at radius 2 is 2.22 bits per heavy atom. The van der Waals surface area contributed by atoms with E-state index in [1.165, 1.54) is 0 Å². The van der Waals surface area contributed by atoms with Gasteiger partial charge >= 0.3 is 0 Å². The second-order valence-corrected chi connectivity index (χ2v) is 7.40. The number of halogens is 1. The molecule has 2 rings (SSSR count). The van der Waals surface area contributed by atoms with E-state index in [-0.39, 0.29) is 0 Å². The highest BCUT2D eigenvalue weighted by Crippen LogP contribution is 2.29. The lowest BCUT2D eigenvalue weighted by Crippen LogP contribution is -2.28. The fraction of sp³-hybridized carbons (Fsp3) is 0.500. The normalized spacial score (nSPS) is 21.3. The van der Waals surface area contributed by atoms with Gasteiger partial charge in [0.15, 0.2) is 0 Å². The molecule has 1 fully saturated rings. The lowest BCUT2D eigenvalue weighted by molar-refractivity contribution is 0.453. The van der Waals surface area contributed by atoms with E-state index >= 15 is 0 Å². The van der Waals surface area contributed by atoms with Gasteiger partial charge in [-0.05, 0) is 46.5 Å². The Bertz CT molecular complexity index is 545. The third-order valence-corrected chi connectivity index (χ3v) is 5.98. The van der Waals surface area contributed by atoms with Gasteiger partial charge in [-0.25, -0.2) is 8.42 Å². The van der Waals surface area contributed by atoms with Crippen molar-refractivity contribution in [3.63, 3.8) is 0 Å². The molecule has 0 radical (unpaired) electrons. The van der Waals surface area contributed by atoms with Crippen molar-refractivity contribution in [1.29, 1.82) is 0 Å². The van der Waals surface area contributed by atoms with Crippen molar-refractivity contribution >= 4 is 31.6 Å². The van der Waals surface area contributed by atoms with Gasteiger partial charge in [-0.3, -0.25) is 0 Å². The molecule has 0 aliphatic carbocycles. The third kappa shape index (κ3) is 2.55. The first kappa shape index (κ1) is 13.8. The van der Waals surface area contributed by atoms with Gasteiger partial charge in [0.1, 0.15) is 0 Å². The van der Waals surface area contributed by atoms with Crippen molar-refractivity contribution in [1.82, 2.24) is 4.31 Å². The largest absolute Gasteiger partial charge is 0.398 e. The first-order chi connectivity index (χ1) is 8.45. The molecular formula is C12H17BrN2O2S. The van der Waals surface area contributed by atoms with Crippen molar-refractivity contribution < 1.29 is 8.42 Å². The third-order valence-electron chi connectivity index (χ3n) is 3.44. The fourth-order valence-electron chi connectivity index (χ4n) is 2.17. The molecular weight excluding hydrogens is 316 g/mol. The Hall–Kier alpha value is -0.590. The van der Waals surface area contributed by atoms with Crippen molar-refractivity contribution in [3.8, 4) is 0 Å². The van der Waals surface area contributed by atoms with E-state index in [9.17, 15) is 8.42 Å². The van der Waals surface area contributed by atoms with Crippen molar-refractivity contribution in [2.45, 2.75) is 24.7 Å². The SMILES string of the molecule is CCC1CCN(S(=O)(=O)c2ccc(N)c(Br)c2)C1. The number of nitrogens with two attached hydrogens (primary N) is 1. The minimum Gasteiger partial charge on any atom is -0.398 e. The molecule has 18 heavy (non-hydrogen) atoms. The summed E-state index contributed by atoms with van der Waals surface area (Å²) in [6, 6.07) is 4.75. The van der Waals surface area contributed by atoms with E-state index in [4.69, 9.17) is 5.73 Å². The summed E-state index contributed by atoms with van der Waals surface area (Å²) in [5.74, 6) is 0.483. The summed E-state index contributed by atoms with van der Waals surface area (Å²) in [7, 11) is -3.37. The van der Waals surface area contributed by atoms with Gasteiger partial charge in [-0.15, -0.1) is 0 Å². The van der Waals surface area contributed by atoms with Crippen LogP contribution < -0.4 is 5.73 Å². The van der Waals surface area contributed by atoms with Crippen LogP contribution in [-0.2, 0) is 10.0 Å². The van der Waals surface area contributed by atoms with Crippen molar-refractivity contribution in [2.24, 2.45) is 5.92 Å². The van der Waals surface area contributed by atoms with Crippen molar-refractivity contribution in [3.05, 3.63) is 22.7 Å². The van der Waals surface area contributed by atoms with E-state index in [0.29, 0.717) is 34.1 Å². The van der Waals surface area contributed by atoms with E-state index in [1.54, 1.807) is 22.5 Å². The molecule has 1 atom stereocenters. The Balaban J connectivity index is 2.28. The van der Waals surface area contributed by atoms with E-state index in [0.717, 1.165) is 12.8 Å². The molecule has 0 amide bonds. The summed E-state index contributed by atoms with van der Waals surface area (Å²) in [6.07, 6.45) is 1.98. The number of hydrogen-bond acceptors (Lipinski definition) is 3. The molecule has 2 N–H and O–H groups in total. The smallest absolute Gasteiger partial charge is 0.243 e. The molecule has 1 heterocycles. The van der Waals surface area contributed by atoms with Crippen LogP contribution in [0.15, 0.2) is 27.6 Å². The summed E-state index contributed by atoms with van der Waals surface area (Å²) in [5, 5.41) is 0. The number of hydrogen-bond donors (Lipinski definition) is 1. The second kappa shape index (κ2) is 5.19. The number of nitrogens with zero attached hydrogens (tertiary/aromatic N) is 1. The Morgan fingerprint density at radius 3 is 2.78 bits per heavy atom. The van der Waals surface area contributed by atoms with Gasteiger partial charge in [0.2, 0.25) is 10.0 Å². The minimum atomic E-state index is -3.37. The molecule has 1 saturated heterocycles. The summed E-state index contributed by atoms with van der Waals surface area (Å²) in [5.41, 5.74) is 6.22. The van der Waals surface area contributed by atoms with Crippen LogP contribution in [0, 0.1) is 5.92 Å². The van der Waals surface area contributed by atoms with Gasteiger partial charge in [-0.2, -0.15) is 4.31 Å². The van der Waals surface area contributed by atoms with Crippen LogP contribution >= 0.6 is 15.9 Å². The zero-order valence-corrected chi connectivity index (χ0v) is 12.7. The van der Waals surface area contributed by atoms with E-state index in [1.807, 2.05) is 0 Å². The molecule has 0 saturated carbocycles. The summed E-state index contributed by atoms with van der Waals surface area (Å²) in [6.45, 7) is 3.34. The molecule has 1 aliphatic rings. The number of anilines is 1. The molecule has 0 bridgehead atoms. The minimum absolute atomic E-state index is 0.306. The van der Waals surface area contributed by atoms with Gasteiger partial charge in [0.05, 0.1) is 4.90 Å². The topological polar surface area (TPSA) is 63.4 Å². The van der Waals surface area contributed by atoms with Crippen LogP contribution in [0.25, 0.3) is 0 Å². The monoisotopic (exact) mass is 332 g/mol. The van der Waals surface area contributed by atoms with Crippen LogP contribution in [0.1, 0.15) is 19.8 Å². The van der Waals surface area contributed by atoms with Crippen molar-refractivity contribution in [2.75, 3.05) is 18.8 Å². The van der Waals surface area contributed by atoms with Gasteiger partial charge in [0, 0.05) is 23.2 Å². The molecule has 0 spiro atoms. The van der Waals surface area contributed by atoms with Crippen LogP contribution in [0.5, 0.6) is 0 Å². The highest BCUT2D eigenvalue weighted by molar-refractivity contribution is 9.10. The Kier molecular flexibility index (Phi) is 3.99. The zero-order valence-electron chi connectivity index (χ0n) is 10.3. The molecule has 1 aromatic rings. The maximum absolute atomic E-state index is 12.4. The molecule has 0 aromatic heterocycles. The standard InChI is InChI=1S/C12H17BrN2O2S/c1-2-9-5-6-15(8-9)18(16,17)10-3-4-12(14)11(13)7-10/h3-4,7,9H,2,5-6,8,14H2,1H3. The summed E-state index contributed by atoms with van der Waals surface area (Å²) >= 11 is 3.26. The van der Waals surface area contributed by atoms with Crippen LogP contribution in [0.2, 0.25) is 0 Å². The molecule has 100 valence electrons. The molecule has 1 aliphatic heterocycles. The van der Waals surface area contributed by atoms with Crippen LogP contribution in [0.3, 0.4) is 0 Å². The predicted molar refractivity (Wildman–Crippen MR) is 75.7 cm³/mol. The quantitative estimate of drug-likeness (QED) is 0.864. The lowest BCUT2D eigenvalue weighted by atomic mass is 10.1. The van der Waals surface area contributed by atoms with E-state index in [2.05, 4.69) is 22.9 Å². The average Bonchev–Trinajstić information content (AvgIpc) is 2.81. The lowest BCUT2D eigenvalue weighted by Gasteiger charge is -2.16. The molecule has 1 aromatic carbocycles. The van der Waals surface area contributed by atoms with Gasteiger partial charge in [0.25, 0.3) is 0 Å². The van der Waals surface area contributed by atoms with Crippen LogP contribution in [0.4, 0.5) is 5.69 Å². The first-order valence-corrected chi connectivity index (χ1v) is 8.23. The molecule has 6 heteroatoms. The highest BCUT2D eigenvalue weighted by Gasteiger charge is 2.31. The van der Waals surface area contributed by atoms with Crippen LogP contribution in [-0.4, -0.2) is 25.8 Å².